The van der Waals surface area contributed by atoms with Crippen molar-refractivity contribution in [2.75, 3.05) is 31.1 Å². The van der Waals surface area contributed by atoms with E-state index in [0.717, 1.165) is 21.9 Å². The number of likely N-dealkylation sites (tertiary alicyclic amines) is 2. The molecular weight excluding hydrogens is 641 g/mol. The maximum Gasteiger partial charge on any atom is 0.403 e. The van der Waals surface area contributed by atoms with Gasteiger partial charge in [-0.2, -0.15) is 18.3 Å². The van der Waals surface area contributed by atoms with Gasteiger partial charge in [0.2, 0.25) is 17.7 Å². The van der Waals surface area contributed by atoms with Crippen LogP contribution in [0.3, 0.4) is 0 Å². The molecule has 3 saturated heterocycles. The third-order valence-corrected chi connectivity index (χ3v) is 11.1. The van der Waals surface area contributed by atoms with Gasteiger partial charge in [0.1, 0.15) is 30.0 Å². The van der Waals surface area contributed by atoms with Gasteiger partial charge in [0.05, 0.1) is 18.4 Å². The first kappa shape index (κ1) is 31.2. The van der Waals surface area contributed by atoms with Gasteiger partial charge in [-0.3, -0.25) is 34.1 Å². The number of carbonyl (C=O) groups is 4. The molecule has 12 nitrogen and oxygen atoms in total. The first-order valence-electron chi connectivity index (χ1n) is 16.5. The molecule has 5 aliphatic rings. The van der Waals surface area contributed by atoms with Crippen LogP contribution in [0.4, 0.5) is 18.9 Å². The molecule has 1 saturated carbocycles. The van der Waals surface area contributed by atoms with Crippen molar-refractivity contribution in [3.05, 3.63) is 64.9 Å². The maximum atomic E-state index is 13.8. The van der Waals surface area contributed by atoms with Gasteiger partial charge in [0.15, 0.2) is 0 Å². The third kappa shape index (κ3) is 4.85. The number of hydrogen-bond donors (Lipinski definition) is 1. The molecule has 1 unspecified atom stereocenters. The Morgan fingerprint density at radius 3 is 2.47 bits per heavy atom. The van der Waals surface area contributed by atoms with Crippen LogP contribution in [0.25, 0.3) is 16.3 Å². The zero-order valence-corrected chi connectivity index (χ0v) is 26.5. The zero-order valence-electron chi connectivity index (χ0n) is 26.5. The Labute approximate surface area is 278 Å². The largest absolute Gasteiger partial charge is 0.498 e. The van der Waals surface area contributed by atoms with Gasteiger partial charge >= 0.3 is 12.0 Å². The number of carbonyl (C=O) groups excluding carboxylic acids is 4. The normalized spacial score (nSPS) is 22.7. The topological polar surface area (TPSA) is 144 Å². The summed E-state index contributed by atoms with van der Waals surface area (Å²) in [6.07, 6.45) is 0.985. The van der Waals surface area contributed by atoms with Crippen LogP contribution in [0.1, 0.15) is 66.4 Å². The van der Waals surface area contributed by atoms with Crippen LogP contribution in [0.15, 0.2) is 42.7 Å². The third-order valence-electron chi connectivity index (χ3n) is 11.1. The van der Waals surface area contributed by atoms with Crippen LogP contribution in [0.5, 0.6) is 0 Å². The highest BCUT2D eigenvalue weighted by atomic mass is 19.4. The van der Waals surface area contributed by atoms with Gasteiger partial charge in [0.25, 0.3) is 5.91 Å². The number of imide groups is 1. The Morgan fingerprint density at radius 2 is 1.82 bits per heavy atom. The van der Waals surface area contributed by atoms with E-state index in [0.29, 0.717) is 55.9 Å². The first-order valence-corrected chi connectivity index (χ1v) is 16.5. The van der Waals surface area contributed by atoms with Crippen molar-refractivity contribution < 1.29 is 37.1 Å². The number of nitrogens with zero attached hydrogens (tertiary/aromatic N) is 7. The van der Waals surface area contributed by atoms with E-state index in [1.165, 1.54) is 9.80 Å². The number of anilines is 1. The van der Waals surface area contributed by atoms with Crippen molar-refractivity contribution in [3.63, 3.8) is 0 Å². The Balaban J connectivity index is 1.07. The number of alkyl halides is 3. The standard InChI is InChI=1S/C34H33F3N8O4/c35-34(36,37)33(9-10-33)31(49)42-14-11-32(12-15-42,19-43-13-8-26(43)41-38)44-18-20(17-39-44)16-21-4-5-24-28-22(21)2-1-3-23(28)30(48)45(24)25-6-7-27(46)40-29(25)47/h1-5,17-18,25H,6-16,19H2,(H,40,46,47). The summed E-state index contributed by atoms with van der Waals surface area (Å²) in [7, 11) is 0. The van der Waals surface area contributed by atoms with Gasteiger partial charge < -0.3 is 15.2 Å². The number of amides is 4. The van der Waals surface area contributed by atoms with E-state index in [4.69, 9.17) is 5.10 Å². The molecule has 1 atom stereocenters. The van der Waals surface area contributed by atoms with E-state index >= 15 is 0 Å². The molecule has 0 spiro atoms. The van der Waals surface area contributed by atoms with Crippen molar-refractivity contribution in [1.29, 1.82) is 0 Å². The molecule has 1 aromatic heterocycles. The molecule has 15 heteroatoms. The molecule has 254 valence electrons. The summed E-state index contributed by atoms with van der Waals surface area (Å²) in [4.78, 5) is 59.3. The van der Waals surface area contributed by atoms with Crippen molar-refractivity contribution in [1.82, 2.24) is 24.9 Å². The molecular formula is C34H33F3N8O4. The average molecular weight is 675 g/mol. The SMILES string of the molecule is [N-]=[N+]=C1CCN1CC1(n2cc(Cc3ccc4c5c(cccc35)C(=O)N4C3CCC(=O)NC3=O)cn2)CCN(C(=O)C2(C(F)(F)F)CC2)CC1. The van der Waals surface area contributed by atoms with E-state index in [1.807, 2.05) is 40.0 Å². The molecule has 5 heterocycles. The number of piperidine rings is 2. The van der Waals surface area contributed by atoms with Crippen molar-refractivity contribution in [3.8, 4) is 0 Å². The highest BCUT2D eigenvalue weighted by molar-refractivity contribution is 6.27. The molecule has 1 N–H and O–H groups in total. The van der Waals surface area contributed by atoms with Crippen molar-refractivity contribution in [2.45, 2.75) is 69.1 Å². The lowest BCUT2D eigenvalue weighted by Gasteiger charge is -2.44. The van der Waals surface area contributed by atoms with Crippen LogP contribution in [0.2, 0.25) is 0 Å². The lowest BCUT2D eigenvalue weighted by Crippen LogP contribution is -2.58. The molecule has 49 heavy (non-hydrogen) atoms. The second kappa shape index (κ2) is 11.0. The number of hydrogen-bond acceptors (Lipinski definition) is 5. The fraction of sp³-hybridized carbons (Fsp3) is 0.471. The van der Waals surface area contributed by atoms with E-state index in [-0.39, 0.29) is 50.6 Å². The van der Waals surface area contributed by atoms with Gasteiger partial charge in [-0.1, -0.05) is 18.2 Å². The van der Waals surface area contributed by atoms with Crippen LogP contribution in [-0.4, -0.2) is 92.2 Å². The Morgan fingerprint density at radius 1 is 1.04 bits per heavy atom. The molecule has 0 bridgehead atoms. The number of amidine groups is 1. The lowest BCUT2D eigenvalue weighted by atomic mass is 9.85. The highest BCUT2D eigenvalue weighted by Gasteiger charge is 2.69. The summed E-state index contributed by atoms with van der Waals surface area (Å²) >= 11 is 0. The van der Waals surface area contributed by atoms with Crippen LogP contribution in [0, 0.1) is 5.41 Å². The summed E-state index contributed by atoms with van der Waals surface area (Å²) in [6.45, 7) is 1.40. The quantitative estimate of drug-likeness (QED) is 0.231. The number of benzene rings is 2. The summed E-state index contributed by atoms with van der Waals surface area (Å²) in [5.41, 5.74) is 9.47. The molecule has 4 aliphatic heterocycles. The van der Waals surface area contributed by atoms with Crippen molar-refractivity contribution >= 4 is 45.9 Å². The van der Waals surface area contributed by atoms with E-state index in [2.05, 4.69) is 10.1 Å². The number of rotatable bonds is 7. The monoisotopic (exact) mass is 674 g/mol. The zero-order chi connectivity index (χ0) is 34.3. The van der Waals surface area contributed by atoms with Gasteiger partial charge in [-0.15, -0.1) is 0 Å². The second-order valence-corrected chi connectivity index (χ2v) is 13.9. The van der Waals surface area contributed by atoms with Crippen LogP contribution in [-0.2, 0) is 26.3 Å². The summed E-state index contributed by atoms with van der Waals surface area (Å²) in [6, 6.07) is 8.46. The summed E-state index contributed by atoms with van der Waals surface area (Å²) in [5.74, 6) is -1.45. The lowest BCUT2D eigenvalue weighted by molar-refractivity contribution is -0.199. The summed E-state index contributed by atoms with van der Waals surface area (Å²) in [5, 5.41) is 8.68. The van der Waals surface area contributed by atoms with E-state index in [9.17, 15) is 37.9 Å². The molecule has 0 radical (unpaired) electrons. The predicted octanol–water partition coefficient (Wildman–Crippen LogP) is 3.39. The minimum absolute atomic E-state index is 0.151. The van der Waals surface area contributed by atoms with Gasteiger partial charge in [0, 0.05) is 43.1 Å². The van der Waals surface area contributed by atoms with Crippen molar-refractivity contribution in [2.24, 2.45) is 5.41 Å². The molecule has 8 rings (SSSR count). The molecule has 1 aliphatic carbocycles. The van der Waals surface area contributed by atoms with E-state index < -0.39 is 35.0 Å². The van der Waals surface area contributed by atoms with Gasteiger partial charge in [-0.25, -0.2) is 4.90 Å². The smallest absolute Gasteiger partial charge is 0.403 e. The minimum atomic E-state index is -4.57. The number of aromatic nitrogens is 2. The Bertz CT molecular complexity index is 1990. The molecule has 4 fully saturated rings. The van der Waals surface area contributed by atoms with E-state index in [1.54, 1.807) is 12.3 Å². The second-order valence-electron chi connectivity index (χ2n) is 13.9. The predicted molar refractivity (Wildman–Crippen MR) is 168 cm³/mol. The Kier molecular flexibility index (Phi) is 7.01. The highest BCUT2D eigenvalue weighted by Crippen LogP contribution is 2.59. The Hall–Kier alpha value is -5.04. The fourth-order valence-electron chi connectivity index (χ4n) is 8.03. The molecule has 2 aromatic carbocycles. The molecule has 3 aromatic rings. The minimum Gasteiger partial charge on any atom is -0.498 e. The number of nitrogens with one attached hydrogen (secondary N) is 1. The first-order chi connectivity index (χ1) is 23.4. The van der Waals surface area contributed by atoms with Crippen LogP contribution >= 0.6 is 0 Å². The van der Waals surface area contributed by atoms with Crippen LogP contribution < -0.4 is 10.2 Å². The summed E-state index contributed by atoms with van der Waals surface area (Å²) < 4.78 is 43.1. The average Bonchev–Trinajstić information content (AvgIpc) is 3.69. The maximum absolute atomic E-state index is 13.8. The van der Waals surface area contributed by atoms with Gasteiger partial charge in [-0.05, 0) is 60.7 Å². The fourth-order valence-corrected chi connectivity index (χ4v) is 8.03. The molecule has 4 amide bonds. The number of halogens is 3.